The summed E-state index contributed by atoms with van der Waals surface area (Å²) in [5, 5.41) is 6.93. The number of anilines is 1. The third-order valence-electron chi connectivity index (χ3n) is 2.99. The number of rotatable bonds is 3. The number of carbonyl (C=O) groups excluding carboxylic acids is 1. The number of aromatic nitrogens is 2. The molecule has 1 aliphatic rings. The summed E-state index contributed by atoms with van der Waals surface area (Å²) in [5.74, 6) is 1.17. The van der Waals surface area contributed by atoms with Crippen molar-refractivity contribution in [1.29, 1.82) is 0 Å². The van der Waals surface area contributed by atoms with Gasteiger partial charge in [-0.15, -0.1) is 0 Å². The number of fused-ring (bicyclic) bond motifs is 1. The number of halogens is 1. The van der Waals surface area contributed by atoms with E-state index in [0.717, 1.165) is 4.47 Å². The lowest BCUT2D eigenvalue weighted by Crippen LogP contribution is -2.23. The number of ether oxygens (including phenoxy) is 2. The second-order valence-electron chi connectivity index (χ2n) is 4.37. The van der Waals surface area contributed by atoms with Gasteiger partial charge in [-0.2, -0.15) is 5.10 Å². The Morgan fingerprint density at radius 3 is 3.00 bits per heavy atom. The van der Waals surface area contributed by atoms with Gasteiger partial charge in [0, 0.05) is 18.0 Å². The van der Waals surface area contributed by atoms with Gasteiger partial charge in [-0.3, -0.25) is 9.48 Å². The first-order chi connectivity index (χ1) is 9.63. The van der Waals surface area contributed by atoms with Gasteiger partial charge < -0.3 is 14.8 Å². The number of hydrogen-bond donors (Lipinski definition) is 1. The van der Waals surface area contributed by atoms with Crippen molar-refractivity contribution in [3.8, 4) is 11.5 Å². The summed E-state index contributed by atoms with van der Waals surface area (Å²) in [7, 11) is 0. The smallest absolute Gasteiger partial charge is 0.248 e. The van der Waals surface area contributed by atoms with E-state index >= 15 is 0 Å². The second kappa shape index (κ2) is 5.16. The van der Waals surface area contributed by atoms with Crippen LogP contribution in [-0.4, -0.2) is 22.5 Å². The van der Waals surface area contributed by atoms with Crippen molar-refractivity contribution in [3.63, 3.8) is 0 Å². The summed E-state index contributed by atoms with van der Waals surface area (Å²) in [6.45, 7) is 1.99. The van der Waals surface area contributed by atoms with Gasteiger partial charge in [-0.1, -0.05) is 0 Å². The molecular weight excluding hydrogens is 326 g/mol. The third-order valence-corrected chi connectivity index (χ3v) is 3.40. The van der Waals surface area contributed by atoms with Crippen LogP contribution in [0.15, 0.2) is 35.1 Å². The number of benzene rings is 1. The molecule has 0 bridgehead atoms. The number of nitrogens with zero attached hydrogens (tertiary/aromatic N) is 2. The van der Waals surface area contributed by atoms with E-state index in [4.69, 9.17) is 9.47 Å². The van der Waals surface area contributed by atoms with Crippen molar-refractivity contribution < 1.29 is 14.3 Å². The van der Waals surface area contributed by atoms with Gasteiger partial charge in [0.05, 0.1) is 10.7 Å². The van der Waals surface area contributed by atoms with Crippen LogP contribution in [0.3, 0.4) is 0 Å². The van der Waals surface area contributed by atoms with Crippen molar-refractivity contribution in [2.24, 2.45) is 0 Å². The fourth-order valence-electron chi connectivity index (χ4n) is 1.87. The van der Waals surface area contributed by atoms with Crippen molar-refractivity contribution in [2.75, 3.05) is 12.1 Å². The van der Waals surface area contributed by atoms with Crippen molar-refractivity contribution >= 4 is 27.5 Å². The van der Waals surface area contributed by atoms with Crippen LogP contribution in [-0.2, 0) is 4.79 Å². The monoisotopic (exact) mass is 337 g/mol. The Hall–Kier alpha value is -2.02. The molecule has 1 atom stereocenters. The third kappa shape index (κ3) is 2.49. The maximum atomic E-state index is 12.2. The molecular formula is C13H12BrN3O3. The minimum absolute atomic E-state index is 0.153. The van der Waals surface area contributed by atoms with Gasteiger partial charge in [0.15, 0.2) is 11.5 Å². The van der Waals surface area contributed by atoms with E-state index in [2.05, 4.69) is 26.3 Å². The molecule has 1 N–H and O–H groups in total. The molecule has 0 spiro atoms. The standard InChI is InChI=1S/C13H12BrN3O3/c1-8(17-6-9(14)5-15-17)13(18)16-10-2-3-11-12(4-10)20-7-19-11/h2-6,8H,7H2,1H3,(H,16,18). The zero-order valence-electron chi connectivity index (χ0n) is 10.7. The predicted molar refractivity (Wildman–Crippen MR) is 75.8 cm³/mol. The average Bonchev–Trinajstić information content (AvgIpc) is 3.05. The summed E-state index contributed by atoms with van der Waals surface area (Å²) in [4.78, 5) is 12.2. The topological polar surface area (TPSA) is 65.4 Å². The molecule has 2 aromatic rings. The van der Waals surface area contributed by atoms with Crippen LogP contribution in [0.4, 0.5) is 5.69 Å². The minimum Gasteiger partial charge on any atom is -0.454 e. The van der Waals surface area contributed by atoms with Gasteiger partial charge in [0.1, 0.15) is 6.04 Å². The molecule has 1 aromatic heterocycles. The van der Waals surface area contributed by atoms with Crippen LogP contribution < -0.4 is 14.8 Å². The molecule has 0 aliphatic carbocycles. The van der Waals surface area contributed by atoms with Crippen LogP contribution in [0.25, 0.3) is 0 Å². The van der Waals surface area contributed by atoms with Crippen LogP contribution in [0.5, 0.6) is 11.5 Å². The lowest BCUT2D eigenvalue weighted by Gasteiger charge is -2.12. The van der Waals surface area contributed by atoms with Gasteiger partial charge in [0.2, 0.25) is 12.7 Å². The molecule has 1 amide bonds. The van der Waals surface area contributed by atoms with Crippen LogP contribution in [0.1, 0.15) is 13.0 Å². The van der Waals surface area contributed by atoms with Gasteiger partial charge >= 0.3 is 0 Å². The summed E-state index contributed by atoms with van der Waals surface area (Å²) < 4.78 is 12.9. The zero-order valence-corrected chi connectivity index (χ0v) is 12.3. The summed E-state index contributed by atoms with van der Waals surface area (Å²) in [5.41, 5.74) is 0.664. The van der Waals surface area contributed by atoms with E-state index in [-0.39, 0.29) is 12.7 Å². The largest absolute Gasteiger partial charge is 0.454 e. The van der Waals surface area contributed by atoms with Crippen LogP contribution in [0.2, 0.25) is 0 Å². The Kier molecular flexibility index (Phi) is 3.35. The quantitative estimate of drug-likeness (QED) is 0.934. The van der Waals surface area contributed by atoms with Crippen molar-refractivity contribution in [3.05, 3.63) is 35.1 Å². The molecule has 0 saturated heterocycles. The van der Waals surface area contributed by atoms with Crippen LogP contribution in [0, 0.1) is 0 Å². The Labute approximate surface area is 123 Å². The first-order valence-electron chi connectivity index (χ1n) is 6.03. The maximum absolute atomic E-state index is 12.2. The molecule has 6 nitrogen and oxygen atoms in total. The van der Waals surface area contributed by atoms with E-state index in [1.54, 1.807) is 42.2 Å². The fraction of sp³-hybridized carbons (Fsp3) is 0.231. The molecule has 0 fully saturated rings. The first-order valence-corrected chi connectivity index (χ1v) is 6.83. The lowest BCUT2D eigenvalue weighted by atomic mass is 10.2. The highest BCUT2D eigenvalue weighted by Crippen LogP contribution is 2.34. The average molecular weight is 338 g/mol. The second-order valence-corrected chi connectivity index (χ2v) is 5.29. The van der Waals surface area contributed by atoms with E-state index in [1.165, 1.54) is 0 Å². The molecule has 0 radical (unpaired) electrons. The van der Waals surface area contributed by atoms with E-state index in [1.807, 2.05) is 0 Å². The number of carbonyl (C=O) groups is 1. The van der Waals surface area contributed by atoms with Gasteiger partial charge in [-0.05, 0) is 35.0 Å². The highest BCUT2D eigenvalue weighted by Gasteiger charge is 2.18. The predicted octanol–water partition coefficient (Wildman–Crippen LogP) is 2.57. The minimum atomic E-state index is -0.410. The Morgan fingerprint density at radius 1 is 1.45 bits per heavy atom. The van der Waals surface area contributed by atoms with E-state index in [0.29, 0.717) is 17.2 Å². The van der Waals surface area contributed by atoms with Crippen molar-refractivity contribution in [2.45, 2.75) is 13.0 Å². The number of hydrogen-bond acceptors (Lipinski definition) is 4. The summed E-state index contributed by atoms with van der Waals surface area (Å²) >= 11 is 3.30. The van der Waals surface area contributed by atoms with Crippen molar-refractivity contribution in [1.82, 2.24) is 9.78 Å². The molecule has 1 aliphatic heterocycles. The molecule has 1 aromatic carbocycles. The number of nitrogens with one attached hydrogen (secondary N) is 1. The first kappa shape index (κ1) is 13.0. The van der Waals surface area contributed by atoms with E-state index in [9.17, 15) is 4.79 Å². The maximum Gasteiger partial charge on any atom is 0.248 e. The molecule has 7 heteroatoms. The van der Waals surface area contributed by atoms with E-state index < -0.39 is 6.04 Å². The fourth-order valence-corrected chi connectivity index (χ4v) is 2.17. The molecule has 104 valence electrons. The Bertz CT molecular complexity index is 656. The summed E-state index contributed by atoms with van der Waals surface area (Å²) in [6, 6.07) is 4.88. The highest BCUT2D eigenvalue weighted by molar-refractivity contribution is 9.10. The van der Waals surface area contributed by atoms with Gasteiger partial charge in [0.25, 0.3) is 0 Å². The van der Waals surface area contributed by atoms with Gasteiger partial charge in [-0.25, -0.2) is 0 Å². The molecule has 2 heterocycles. The summed E-state index contributed by atoms with van der Waals surface area (Å²) in [6.07, 6.45) is 3.40. The normalized spacial score (nSPS) is 14.1. The lowest BCUT2D eigenvalue weighted by molar-refractivity contribution is -0.119. The molecule has 0 saturated carbocycles. The molecule has 1 unspecified atom stereocenters. The highest BCUT2D eigenvalue weighted by atomic mass is 79.9. The Morgan fingerprint density at radius 2 is 2.25 bits per heavy atom. The number of amides is 1. The molecule has 3 rings (SSSR count). The SMILES string of the molecule is CC(C(=O)Nc1ccc2c(c1)OCO2)n1cc(Br)cn1. The molecule has 20 heavy (non-hydrogen) atoms. The Balaban J connectivity index is 1.72. The zero-order chi connectivity index (χ0) is 14.1. The van der Waals surface area contributed by atoms with Crippen LogP contribution >= 0.6 is 15.9 Å².